The summed E-state index contributed by atoms with van der Waals surface area (Å²) in [6.45, 7) is 8.36. The molecule has 0 aliphatic heterocycles. The maximum absolute atomic E-state index is 14.6. The van der Waals surface area contributed by atoms with Crippen LogP contribution < -0.4 is 15.4 Å². The van der Waals surface area contributed by atoms with Crippen LogP contribution in [-0.4, -0.2) is 24.1 Å². The normalized spacial score (nSPS) is 11.1. The summed E-state index contributed by atoms with van der Waals surface area (Å²) in [4.78, 5) is 28.4. The monoisotopic (exact) mass is 471 g/mol. The minimum atomic E-state index is -0.870. The predicted octanol–water partition coefficient (Wildman–Crippen LogP) is 6.08. The number of aromatic nitrogens is 1. The molecule has 7 nitrogen and oxygen atoms in total. The largest absolute Gasteiger partial charge is 0.465 e. The highest BCUT2D eigenvalue weighted by Crippen LogP contribution is 2.35. The summed E-state index contributed by atoms with van der Waals surface area (Å²) < 4.78 is 39.1. The zero-order valence-electron chi connectivity index (χ0n) is 17.7. The molecule has 170 valence electrons. The number of amides is 2. The number of carbonyl (C=O) groups excluding carboxylic acids is 2. The van der Waals surface area contributed by atoms with Gasteiger partial charge in [0, 0.05) is 18.3 Å². The second kappa shape index (κ2) is 10.0. The Balaban J connectivity index is 1.77. The summed E-state index contributed by atoms with van der Waals surface area (Å²) in [5, 5.41) is 4.54. The van der Waals surface area contributed by atoms with Crippen molar-refractivity contribution in [3.63, 3.8) is 0 Å². The molecule has 3 aromatic rings. The van der Waals surface area contributed by atoms with E-state index < -0.39 is 23.6 Å². The molecule has 0 atom stereocenters. The van der Waals surface area contributed by atoms with Crippen LogP contribution >= 0.6 is 11.3 Å². The standard InChI is InChI=1S/C23H19F2N3O4S/c1-12(2)9-17(13(3)24)28-23(30)27-16-6-5-14(10-15(16)25)32-19-7-8-26-18-11-20(22(29)31-4)33-21(18)19/h5-11H,1,3H2,2,4H3,(H2,27,28,30). The van der Waals surface area contributed by atoms with Crippen LogP contribution in [0.1, 0.15) is 16.6 Å². The molecular formula is C23H19F2N3O4S. The number of methoxy groups -OCH3 is 1. The van der Waals surface area contributed by atoms with E-state index >= 15 is 0 Å². The number of ether oxygens (including phenoxy) is 2. The van der Waals surface area contributed by atoms with Crippen LogP contribution in [0.5, 0.6) is 11.5 Å². The molecule has 0 spiro atoms. The average molecular weight is 471 g/mol. The zero-order chi connectivity index (χ0) is 24.1. The topological polar surface area (TPSA) is 89.5 Å². The maximum atomic E-state index is 14.6. The minimum Gasteiger partial charge on any atom is -0.465 e. The summed E-state index contributed by atoms with van der Waals surface area (Å²) in [7, 11) is 1.28. The first-order chi connectivity index (χ1) is 15.7. The summed E-state index contributed by atoms with van der Waals surface area (Å²) >= 11 is 1.13. The van der Waals surface area contributed by atoms with Gasteiger partial charge in [-0.2, -0.15) is 0 Å². The molecule has 0 fully saturated rings. The van der Waals surface area contributed by atoms with Gasteiger partial charge in [0.2, 0.25) is 0 Å². The second-order valence-corrected chi connectivity index (χ2v) is 7.81. The van der Waals surface area contributed by atoms with E-state index in [9.17, 15) is 18.4 Å². The lowest BCUT2D eigenvalue weighted by Crippen LogP contribution is -2.28. The van der Waals surface area contributed by atoms with E-state index in [2.05, 4.69) is 28.8 Å². The Labute approximate surface area is 192 Å². The lowest BCUT2D eigenvalue weighted by Gasteiger charge is -2.12. The fourth-order valence-electron chi connectivity index (χ4n) is 2.69. The number of fused-ring (bicyclic) bond motifs is 1. The van der Waals surface area contributed by atoms with Crippen molar-refractivity contribution in [1.82, 2.24) is 10.3 Å². The van der Waals surface area contributed by atoms with Gasteiger partial charge in [-0.25, -0.2) is 18.4 Å². The number of rotatable bonds is 7. The van der Waals surface area contributed by atoms with Gasteiger partial charge in [0.15, 0.2) is 0 Å². The Bertz CT molecular complexity index is 1300. The Morgan fingerprint density at radius 2 is 1.97 bits per heavy atom. The number of anilines is 1. The average Bonchev–Trinajstić information content (AvgIpc) is 3.19. The van der Waals surface area contributed by atoms with E-state index in [4.69, 9.17) is 9.47 Å². The first-order valence-electron chi connectivity index (χ1n) is 9.42. The van der Waals surface area contributed by atoms with Crippen molar-refractivity contribution in [2.24, 2.45) is 0 Å². The Morgan fingerprint density at radius 1 is 1.21 bits per heavy atom. The smallest absolute Gasteiger partial charge is 0.348 e. The third kappa shape index (κ3) is 5.80. The number of carbonyl (C=O) groups is 2. The number of nitrogens with one attached hydrogen (secondary N) is 2. The van der Waals surface area contributed by atoms with E-state index in [1.54, 1.807) is 19.1 Å². The van der Waals surface area contributed by atoms with E-state index in [1.165, 1.54) is 31.5 Å². The van der Waals surface area contributed by atoms with Gasteiger partial charge in [-0.1, -0.05) is 18.7 Å². The van der Waals surface area contributed by atoms with E-state index in [-0.39, 0.29) is 17.1 Å². The molecule has 0 saturated heterocycles. The molecule has 0 aliphatic carbocycles. The van der Waals surface area contributed by atoms with Crippen LogP contribution in [0.15, 0.2) is 72.9 Å². The van der Waals surface area contributed by atoms with Crippen molar-refractivity contribution < 1.29 is 27.8 Å². The molecule has 2 aromatic heterocycles. The van der Waals surface area contributed by atoms with Gasteiger partial charge in [0.1, 0.15) is 28.0 Å². The van der Waals surface area contributed by atoms with Crippen LogP contribution in [0, 0.1) is 5.82 Å². The Morgan fingerprint density at radius 3 is 2.61 bits per heavy atom. The van der Waals surface area contributed by atoms with Crippen LogP contribution in [0.4, 0.5) is 19.3 Å². The van der Waals surface area contributed by atoms with E-state index in [0.29, 0.717) is 26.4 Å². The first-order valence-corrected chi connectivity index (χ1v) is 10.2. The molecular weight excluding hydrogens is 452 g/mol. The van der Waals surface area contributed by atoms with Gasteiger partial charge in [0.25, 0.3) is 0 Å². The lowest BCUT2D eigenvalue weighted by atomic mass is 10.2. The molecule has 0 bridgehead atoms. The number of halogens is 2. The number of pyridine rings is 1. The van der Waals surface area contributed by atoms with Gasteiger partial charge < -0.3 is 20.1 Å². The van der Waals surface area contributed by atoms with Gasteiger partial charge in [-0.3, -0.25) is 4.98 Å². The molecule has 2 amide bonds. The van der Waals surface area contributed by atoms with Crippen LogP contribution in [0.2, 0.25) is 0 Å². The molecule has 2 N–H and O–H groups in total. The fourth-order valence-corrected chi connectivity index (χ4v) is 3.67. The third-order valence-corrected chi connectivity index (χ3v) is 5.23. The second-order valence-electron chi connectivity index (χ2n) is 6.76. The molecule has 0 aliphatic rings. The van der Waals surface area contributed by atoms with Crippen molar-refractivity contribution in [2.45, 2.75) is 6.92 Å². The molecule has 10 heteroatoms. The third-order valence-electron chi connectivity index (χ3n) is 4.11. The van der Waals surface area contributed by atoms with Crippen LogP contribution in [0.25, 0.3) is 10.2 Å². The van der Waals surface area contributed by atoms with E-state index in [0.717, 1.165) is 17.4 Å². The van der Waals surface area contributed by atoms with Gasteiger partial charge in [0.05, 0.1) is 28.7 Å². The lowest BCUT2D eigenvalue weighted by molar-refractivity contribution is 0.0606. The van der Waals surface area contributed by atoms with Crippen molar-refractivity contribution >= 4 is 39.2 Å². The highest BCUT2D eigenvalue weighted by atomic mass is 32.1. The molecule has 1 aromatic carbocycles. The first kappa shape index (κ1) is 23.6. The van der Waals surface area contributed by atoms with Crippen molar-refractivity contribution in [3.8, 4) is 11.5 Å². The van der Waals surface area contributed by atoms with Crippen molar-refractivity contribution in [1.29, 1.82) is 0 Å². The summed E-state index contributed by atoms with van der Waals surface area (Å²) in [5.74, 6) is -1.63. The summed E-state index contributed by atoms with van der Waals surface area (Å²) in [6, 6.07) is 6.11. The number of esters is 1. The van der Waals surface area contributed by atoms with Gasteiger partial charge in [-0.15, -0.1) is 11.3 Å². The maximum Gasteiger partial charge on any atom is 0.348 e. The fraction of sp³-hybridized carbons (Fsp3) is 0.0870. The highest BCUT2D eigenvalue weighted by molar-refractivity contribution is 7.21. The number of allylic oxidation sites excluding steroid dienone is 3. The van der Waals surface area contributed by atoms with Crippen LogP contribution in [0.3, 0.4) is 0 Å². The molecule has 2 heterocycles. The van der Waals surface area contributed by atoms with Crippen LogP contribution in [-0.2, 0) is 4.74 Å². The number of thiophene rings is 1. The summed E-state index contributed by atoms with van der Waals surface area (Å²) in [6.07, 6.45) is 2.79. The van der Waals surface area contributed by atoms with Crippen molar-refractivity contribution in [3.05, 3.63) is 83.6 Å². The molecule has 0 saturated carbocycles. The molecule has 0 unspecified atom stereocenters. The number of benzene rings is 1. The summed E-state index contributed by atoms with van der Waals surface area (Å²) in [5.41, 5.74) is 0.681. The highest BCUT2D eigenvalue weighted by Gasteiger charge is 2.16. The quantitative estimate of drug-likeness (QED) is 0.322. The van der Waals surface area contributed by atoms with Gasteiger partial charge >= 0.3 is 12.0 Å². The number of urea groups is 1. The molecule has 0 radical (unpaired) electrons. The number of hydrogen-bond acceptors (Lipinski definition) is 6. The van der Waals surface area contributed by atoms with Crippen molar-refractivity contribution in [2.75, 3.05) is 12.4 Å². The SMILES string of the molecule is C=C(C)C=C(NC(=O)Nc1ccc(Oc2ccnc3cc(C(=O)OC)sc23)cc1F)C(=C)F. The zero-order valence-corrected chi connectivity index (χ0v) is 18.5. The number of nitrogens with zero attached hydrogens (tertiary/aromatic N) is 1. The Kier molecular flexibility index (Phi) is 7.19. The molecule has 33 heavy (non-hydrogen) atoms. The number of hydrogen-bond donors (Lipinski definition) is 2. The minimum absolute atomic E-state index is 0.150. The van der Waals surface area contributed by atoms with E-state index in [1.807, 2.05) is 0 Å². The Hall–Kier alpha value is -4.05. The predicted molar refractivity (Wildman–Crippen MR) is 123 cm³/mol. The molecule has 3 rings (SSSR count). The van der Waals surface area contributed by atoms with Gasteiger partial charge in [-0.05, 0) is 31.2 Å².